The van der Waals surface area contributed by atoms with E-state index in [0.29, 0.717) is 5.69 Å². The molecule has 1 heterocycles. The summed E-state index contributed by atoms with van der Waals surface area (Å²) in [5.74, 6) is -2.17. The van der Waals surface area contributed by atoms with E-state index in [1.54, 1.807) is 6.92 Å². The van der Waals surface area contributed by atoms with E-state index in [4.69, 9.17) is 0 Å². The zero-order valence-electron chi connectivity index (χ0n) is 10.1. The molecule has 0 fully saturated rings. The molecular weight excluding hydrogens is 244 g/mol. The first-order valence-electron chi connectivity index (χ1n) is 5.13. The monoisotopic (exact) mass is 255 g/mol. The number of nitrogens with zero attached hydrogens (tertiary/aromatic N) is 1. The number of hydrogen-bond donors (Lipinski definition) is 0. The number of fused-ring (bicyclic) bond motifs is 1. The fourth-order valence-corrected chi connectivity index (χ4v) is 1.91. The topological polar surface area (TPSA) is 40.5 Å². The summed E-state index contributed by atoms with van der Waals surface area (Å²) in [4.78, 5) is 11.6. The Balaban J connectivity index is 2.85. The summed E-state index contributed by atoms with van der Waals surface area (Å²) in [5.41, 5.74) is 0.554. The van der Waals surface area contributed by atoms with Crippen molar-refractivity contribution in [3.05, 3.63) is 29.5 Å². The number of carbonyl (C=O) groups is 1. The lowest BCUT2D eigenvalue weighted by molar-refractivity contribution is 0.173. The zero-order chi connectivity index (χ0) is 13.4. The molecule has 1 aromatic heterocycles. The van der Waals surface area contributed by atoms with Gasteiger partial charge in [-0.2, -0.15) is 0 Å². The molecule has 18 heavy (non-hydrogen) atoms. The number of ether oxygens (including phenoxy) is 2. The van der Waals surface area contributed by atoms with Gasteiger partial charge in [0.2, 0.25) is 0 Å². The van der Waals surface area contributed by atoms with Gasteiger partial charge in [0.15, 0.2) is 17.4 Å². The number of rotatable bonds is 1. The van der Waals surface area contributed by atoms with Crippen molar-refractivity contribution >= 4 is 17.0 Å². The summed E-state index contributed by atoms with van der Waals surface area (Å²) in [6, 6.07) is 2.48. The zero-order valence-corrected chi connectivity index (χ0v) is 10.1. The van der Waals surface area contributed by atoms with Crippen molar-refractivity contribution in [2.45, 2.75) is 6.92 Å². The molecule has 0 aliphatic carbocycles. The minimum absolute atomic E-state index is 0.107. The summed E-state index contributed by atoms with van der Waals surface area (Å²) < 4.78 is 37.9. The molecule has 0 aliphatic heterocycles. The van der Waals surface area contributed by atoms with Gasteiger partial charge in [0, 0.05) is 17.1 Å². The van der Waals surface area contributed by atoms with Crippen molar-refractivity contribution in [2.75, 3.05) is 14.2 Å². The van der Waals surface area contributed by atoms with Gasteiger partial charge in [-0.05, 0) is 13.0 Å². The van der Waals surface area contributed by atoms with Crippen LogP contribution in [0.5, 0.6) is 5.75 Å². The molecule has 96 valence electrons. The molecule has 0 saturated carbocycles. The molecule has 4 nitrogen and oxygen atoms in total. The molecular formula is C12H11F2NO3. The summed E-state index contributed by atoms with van der Waals surface area (Å²) in [6.07, 6.45) is -0.702. The molecule has 0 atom stereocenters. The van der Waals surface area contributed by atoms with Crippen LogP contribution >= 0.6 is 0 Å². The highest BCUT2D eigenvalue weighted by Crippen LogP contribution is 2.31. The third kappa shape index (κ3) is 1.61. The van der Waals surface area contributed by atoms with Crippen molar-refractivity contribution in [3.8, 4) is 5.75 Å². The van der Waals surface area contributed by atoms with Crippen LogP contribution in [-0.4, -0.2) is 24.9 Å². The highest BCUT2D eigenvalue weighted by Gasteiger charge is 2.21. The first-order valence-corrected chi connectivity index (χ1v) is 5.13. The molecule has 0 N–H and O–H groups in total. The van der Waals surface area contributed by atoms with Crippen molar-refractivity contribution in [1.29, 1.82) is 0 Å². The van der Waals surface area contributed by atoms with Crippen LogP contribution in [-0.2, 0) is 4.74 Å². The second-order valence-corrected chi connectivity index (χ2v) is 3.73. The minimum atomic E-state index is -0.870. The SMILES string of the molecule is COC(=O)n1c(C)cc2c(F)c(OC)c(F)cc21. The molecule has 0 spiro atoms. The summed E-state index contributed by atoms with van der Waals surface area (Å²) in [6.45, 7) is 1.60. The van der Waals surface area contributed by atoms with Crippen LogP contribution in [0.15, 0.2) is 12.1 Å². The van der Waals surface area contributed by atoms with E-state index in [9.17, 15) is 13.6 Å². The minimum Gasteiger partial charge on any atom is -0.491 e. The van der Waals surface area contributed by atoms with E-state index in [0.717, 1.165) is 10.6 Å². The van der Waals surface area contributed by atoms with Crippen LogP contribution in [0.3, 0.4) is 0 Å². The quantitative estimate of drug-likeness (QED) is 0.786. The third-order valence-corrected chi connectivity index (χ3v) is 2.70. The Morgan fingerprint density at radius 1 is 1.28 bits per heavy atom. The fourth-order valence-electron chi connectivity index (χ4n) is 1.91. The Kier molecular flexibility index (Phi) is 2.94. The van der Waals surface area contributed by atoms with Crippen LogP contribution in [0, 0.1) is 18.6 Å². The Morgan fingerprint density at radius 2 is 1.94 bits per heavy atom. The molecule has 0 amide bonds. The van der Waals surface area contributed by atoms with Gasteiger partial charge in [0.25, 0.3) is 0 Å². The van der Waals surface area contributed by atoms with Gasteiger partial charge in [-0.3, -0.25) is 0 Å². The number of aromatic nitrogens is 1. The Labute approximate surface area is 102 Å². The van der Waals surface area contributed by atoms with Crippen LogP contribution < -0.4 is 4.74 Å². The van der Waals surface area contributed by atoms with E-state index < -0.39 is 23.5 Å². The van der Waals surface area contributed by atoms with Gasteiger partial charge >= 0.3 is 6.09 Å². The number of halogens is 2. The summed E-state index contributed by atoms with van der Waals surface area (Å²) in [5, 5.41) is 0.108. The second kappa shape index (κ2) is 4.29. The molecule has 0 unspecified atom stereocenters. The predicted octanol–water partition coefficient (Wildman–Crippen LogP) is 2.85. The predicted molar refractivity (Wildman–Crippen MR) is 60.9 cm³/mol. The van der Waals surface area contributed by atoms with Gasteiger partial charge in [-0.1, -0.05) is 0 Å². The number of methoxy groups -OCH3 is 2. The average molecular weight is 255 g/mol. The van der Waals surface area contributed by atoms with Gasteiger partial charge in [0.05, 0.1) is 19.7 Å². The maximum Gasteiger partial charge on any atom is 0.418 e. The van der Waals surface area contributed by atoms with E-state index in [-0.39, 0.29) is 10.9 Å². The van der Waals surface area contributed by atoms with Crippen molar-refractivity contribution in [2.24, 2.45) is 0 Å². The number of carbonyl (C=O) groups excluding carboxylic acids is 1. The number of aryl methyl sites for hydroxylation is 1. The van der Waals surface area contributed by atoms with E-state index >= 15 is 0 Å². The van der Waals surface area contributed by atoms with Crippen molar-refractivity contribution in [1.82, 2.24) is 4.57 Å². The van der Waals surface area contributed by atoms with Crippen LogP contribution in [0.4, 0.5) is 13.6 Å². The van der Waals surface area contributed by atoms with Crippen molar-refractivity contribution < 1.29 is 23.0 Å². The van der Waals surface area contributed by atoms with Gasteiger partial charge < -0.3 is 9.47 Å². The van der Waals surface area contributed by atoms with Crippen LogP contribution in [0.25, 0.3) is 10.9 Å². The van der Waals surface area contributed by atoms with Gasteiger partial charge in [0.1, 0.15) is 0 Å². The van der Waals surface area contributed by atoms with Gasteiger partial charge in [-0.15, -0.1) is 0 Å². The van der Waals surface area contributed by atoms with Gasteiger partial charge in [-0.25, -0.2) is 18.1 Å². The smallest absolute Gasteiger partial charge is 0.418 e. The largest absolute Gasteiger partial charge is 0.491 e. The first kappa shape index (κ1) is 12.3. The molecule has 1 aromatic carbocycles. The lowest BCUT2D eigenvalue weighted by Gasteiger charge is -2.07. The van der Waals surface area contributed by atoms with Crippen LogP contribution in [0.1, 0.15) is 5.69 Å². The molecule has 6 heteroatoms. The maximum atomic E-state index is 14.0. The lowest BCUT2D eigenvalue weighted by Crippen LogP contribution is -2.12. The third-order valence-electron chi connectivity index (χ3n) is 2.70. The molecule has 0 saturated heterocycles. The number of hydrogen-bond acceptors (Lipinski definition) is 3. The first-order chi connectivity index (χ1) is 8.51. The Bertz CT molecular complexity index is 634. The fraction of sp³-hybridized carbons (Fsp3) is 0.250. The second-order valence-electron chi connectivity index (χ2n) is 3.73. The highest BCUT2D eigenvalue weighted by molar-refractivity contribution is 5.92. The molecule has 0 radical (unpaired) electrons. The van der Waals surface area contributed by atoms with E-state index in [1.165, 1.54) is 20.3 Å². The average Bonchev–Trinajstić information content (AvgIpc) is 2.66. The Hall–Kier alpha value is -2.11. The lowest BCUT2D eigenvalue weighted by atomic mass is 10.2. The normalized spacial score (nSPS) is 10.7. The van der Waals surface area contributed by atoms with E-state index in [1.807, 2.05) is 0 Å². The van der Waals surface area contributed by atoms with Crippen LogP contribution in [0.2, 0.25) is 0 Å². The maximum absolute atomic E-state index is 14.0. The molecule has 2 aromatic rings. The number of benzene rings is 1. The summed E-state index contributed by atoms with van der Waals surface area (Å²) >= 11 is 0. The summed E-state index contributed by atoms with van der Waals surface area (Å²) in [7, 11) is 2.38. The highest BCUT2D eigenvalue weighted by atomic mass is 19.1. The Morgan fingerprint density at radius 3 is 2.50 bits per heavy atom. The molecule has 0 bridgehead atoms. The van der Waals surface area contributed by atoms with E-state index in [2.05, 4.69) is 9.47 Å². The molecule has 2 rings (SSSR count). The standard InChI is InChI=1S/C12H11F2NO3/c1-6-4-7-9(15(6)12(16)18-3)5-8(13)11(17-2)10(7)14/h4-5H,1-3H3. The van der Waals surface area contributed by atoms with Crippen molar-refractivity contribution in [3.63, 3.8) is 0 Å². The molecule has 0 aliphatic rings.